The van der Waals surface area contributed by atoms with E-state index in [1.807, 2.05) is 6.92 Å². The molecule has 0 aliphatic rings. The number of benzene rings is 1. The third-order valence-electron chi connectivity index (χ3n) is 2.81. The van der Waals surface area contributed by atoms with Crippen molar-refractivity contribution in [2.24, 2.45) is 0 Å². The van der Waals surface area contributed by atoms with Crippen molar-refractivity contribution in [3.63, 3.8) is 0 Å². The highest BCUT2D eigenvalue weighted by atomic mass is 16.5. The van der Waals surface area contributed by atoms with Gasteiger partial charge in [-0.25, -0.2) is 0 Å². The normalized spacial score (nSPS) is 10.3. The van der Waals surface area contributed by atoms with Crippen LogP contribution in [0.15, 0.2) is 18.2 Å². The van der Waals surface area contributed by atoms with Gasteiger partial charge in [0.25, 0.3) is 0 Å². The molecule has 3 heteroatoms. The van der Waals surface area contributed by atoms with Crippen LogP contribution in [0.2, 0.25) is 0 Å². The van der Waals surface area contributed by atoms with Crippen molar-refractivity contribution in [3.05, 3.63) is 23.8 Å². The predicted molar refractivity (Wildman–Crippen MR) is 75.1 cm³/mol. The Morgan fingerprint density at radius 2 is 2.00 bits per heavy atom. The number of rotatable bonds is 8. The Morgan fingerprint density at radius 1 is 1.22 bits per heavy atom. The molecular weight excluding hydrogens is 226 g/mol. The topological polar surface area (TPSA) is 52.3 Å². The molecule has 0 fully saturated rings. The van der Waals surface area contributed by atoms with Crippen molar-refractivity contribution in [3.8, 4) is 5.75 Å². The van der Waals surface area contributed by atoms with Gasteiger partial charge in [-0.1, -0.05) is 26.7 Å². The van der Waals surface area contributed by atoms with Gasteiger partial charge in [-0.2, -0.15) is 0 Å². The van der Waals surface area contributed by atoms with E-state index in [1.165, 1.54) is 6.42 Å². The summed E-state index contributed by atoms with van der Waals surface area (Å²) in [4.78, 5) is 11.7. The predicted octanol–water partition coefficient (Wildman–Crippen LogP) is 3.82. The summed E-state index contributed by atoms with van der Waals surface area (Å²) >= 11 is 0. The van der Waals surface area contributed by atoms with E-state index in [1.54, 1.807) is 18.2 Å². The lowest BCUT2D eigenvalue weighted by atomic mass is 10.1. The Balaban J connectivity index is 2.59. The number of unbranched alkanes of at least 4 members (excludes halogenated alkanes) is 2. The summed E-state index contributed by atoms with van der Waals surface area (Å²) in [7, 11) is 0. The highest BCUT2D eigenvalue weighted by Gasteiger charge is 2.08. The monoisotopic (exact) mass is 249 g/mol. The first-order chi connectivity index (χ1) is 8.69. The number of anilines is 1. The molecule has 100 valence electrons. The maximum atomic E-state index is 11.7. The average Bonchev–Trinajstić information content (AvgIpc) is 2.36. The molecule has 1 rings (SSSR count). The molecule has 0 amide bonds. The third kappa shape index (κ3) is 4.40. The lowest BCUT2D eigenvalue weighted by Crippen LogP contribution is -2.03. The third-order valence-corrected chi connectivity index (χ3v) is 2.81. The number of ketones is 1. The maximum absolute atomic E-state index is 11.7. The second-order valence-corrected chi connectivity index (χ2v) is 4.48. The van der Waals surface area contributed by atoms with Gasteiger partial charge >= 0.3 is 0 Å². The Morgan fingerprint density at radius 3 is 2.61 bits per heavy atom. The summed E-state index contributed by atoms with van der Waals surface area (Å²) in [6, 6.07) is 5.31. The van der Waals surface area contributed by atoms with E-state index in [4.69, 9.17) is 10.5 Å². The number of hydrogen-bond acceptors (Lipinski definition) is 3. The Bertz CT molecular complexity index is 388. The lowest BCUT2D eigenvalue weighted by molar-refractivity contribution is 0.0982. The summed E-state index contributed by atoms with van der Waals surface area (Å²) < 4.78 is 5.60. The molecule has 1 aromatic rings. The van der Waals surface area contributed by atoms with Gasteiger partial charge in [-0.05, 0) is 31.0 Å². The number of Topliss-reactive ketones (excluding diaryl/α,β-unsaturated/α-hetero) is 1. The van der Waals surface area contributed by atoms with Crippen LogP contribution in [0.5, 0.6) is 5.75 Å². The second kappa shape index (κ2) is 7.75. The summed E-state index contributed by atoms with van der Waals surface area (Å²) in [6.45, 7) is 4.83. The smallest absolute Gasteiger partial charge is 0.162 e. The van der Waals surface area contributed by atoms with Crippen LogP contribution in [0.4, 0.5) is 5.69 Å². The fourth-order valence-electron chi connectivity index (χ4n) is 1.76. The van der Waals surface area contributed by atoms with Crippen LogP contribution in [-0.2, 0) is 0 Å². The maximum Gasteiger partial charge on any atom is 0.162 e. The average molecular weight is 249 g/mol. The minimum absolute atomic E-state index is 0.140. The van der Waals surface area contributed by atoms with Gasteiger partial charge in [-0.3, -0.25) is 4.79 Å². The van der Waals surface area contributed by atoms with E-state index < -0.39 is 0 Å². The Kier molecular flexibility index (Phi) is 6.26. The van der Waals surface area contributed by atoms with Gasteiger partial charge in [0.2, 0.25) is 0 Å². The van der Waals surface area contributed by atoms with Crippen molar-refractivity contribution in [1.82, 2.24) is 0 Å². The highest BCUT2D eigenvalue weighted by molar-refractivity contribution is 5.97. The van der Waals surface area contributed by atoms with Crippen molar-refractivity contribution in [1.29, 1.82) is 0 Å². The van der Waals surface area contributed by atoms with E-state index in [-0.39, 0.29) is 5.78 Å². The molecule has 3 nitrogen and oxygen atoms in total. The number of nitrogens with two attached hydrogens (primary N) is 1. The number of carbonyl (C=O) groups excluding carboxylic acids is 1. The molecule has 0 heterocycles. The van der Waals surface area contributed by atoms with Gasteiger partial charge in [0, 0.05) is 12.0 Å². The number of hydrogen-bond donors (Lipinski definition) is 1. The number of ether oxygens (including phenoxy) is 1. The lowest BCUT2D eigenvalue weighted by Gasteiger charge is -2.09. The molecular formula is C15H23NO2. The van der Waals surface area contributed by atoms with Gasteiger partial charge in [0.15, 0.2) is 5.78 Å². The number of nitrogen functional groups attached to an aromatic ring is 1. The van der Waals surface area contributed by atoms with Gasteiger partial charge in [0.05, 0.1) is 12.3 Å². The first kappa shape index (κ1) is 14.6. The van der Waals surface area contributed by atoms with Crippen LogP contribution < -0.4 is 10.5 Å². The molecule has 0 saturated heterocycles. The Hall–Kier alpha value is -1.51. The van der Waals surface area contributed by atoms with Crippen LogP contribution >= 0.6 is 0 Å². The molecule has 18 heavy (non-hydrogen) atoms. The van der Waals surface area contributed by atoms with Crippen molar-refractivity contribution in [2.75, 3.05) is 12.3 Å². The van der Waals surface area contributed by atoms with Gasteiger partial charge in [0.1, 0.15) is 5.75 Å². The molecule has 0 aromatic heterocycles. The molecule has 0 spiro atoms. The van der Waals surface area contributed by atoms with Crippen LogP contribution in [0.25, 0.3) is 0 Å². The molecule has 1 aromatic carbocycles. The van der Waals surface area contributed by atoms with Crippen molar-refractivity contribution >= 4 is 11.5 Å². The minimum atomic E-state index is 0.140. The molecule has 0 saturated carbocycles. The van der Waals surface area contributed by atoms with E-state index >= 15 is 0 Å². The molecule has 2 N–H and O–H groups in total. The summed E-state index contributed by atoms with van der Waals surface area (Å²) in [5, 5.41) is 0. The molecule has 0 unspecified atom stereocenters. The minimum Gasteiger partial charge on any atom is -0.491 e. The SMILES string of the molecule is CCCCCOc1ccc(C(=O)CCC)cc1N. The number of carbonyl (C=O) groups is 1. The molecule has 0 aliphatic carbocycles. The van der Waals surface area contributed by atoms with Crippen LogP contribution in [0, 0.1) is 0 Å². The summed E-state index contributed by atoms with van der Waals surface area (Å²) in [5.74, 6) is 0.820. The summed E-state index contributed by atoms with van der Waals surface area (Å²) in [6.07, 6.45) is 4.78. The summed E-state index contributed by atoms with van der Waals surface area (Å²) in [5.41, 5.74) is 7.12. The fraction of sp³-hybridized carbons (Fsp3) is 0.533. The first-order valence-electron chi connectivity index (χ1n) is 6.74. The van der Waals surface area contributed by atoms with Gasteiger partial charge < -0.3 is 10.5 Å². The zero-order valence-corrected chi connectivity index (χ0v) is 11.4. The second-order valence-electron chi connectivity index (χ2n) is 4.48. The van der Waals surface area contributed by atoms with Crippen LogP contribution in [0.1, 0.15) is 56.3 Å². The van der Waals surface area contributed by atoms with Crippen molar-refractivity contribution < 1.29 is 9.53 Å². The van der Waals surface area contributed by atoms with E-state index in [0.717, 1.165) is 19.3 Å². The standard InChI is InChI=1S/C15H23NO2/c1-3-5-6-10-18-15-9-8-12(11-13(15)16)14(17)7-4-2/h8-9,11H,3-7,10,16H2,1-2H3. The Labute approximate surface area is 109 Å². The molecule has 0 atom stereocenters. The van der Waals surface area contributed by atoms with E-state index in [0.29, 0.717) is 30.0 Å². The van der Waals surface area contributed by atoms with Crippen molar-refractivity contribution in [2.45, 2.75) is 46.0 Å². The van der Waals surface area contributed by atoms with Gasteiger partial charge in [-0.15, -0.1) is 0 Å². The fourth-order valence-corrected chi connectivity index (χ4v) is 1.76. The van der Waals surface area contributed by atoms with Crippen LogP contribution in [-0.4, -0.2) is 12.4 Å². The zero-order chi connectivity index (χ0) is 13.4. The molecule has 0 bridgehead atoms. The van der Waals surface area contributed by atoms with E-state index in [2.05, 4.69) is 6.92 Å². The largest absolute Gasteiger partial charge is 0.491 e. The zero-order valence-electron chi connectivity index (χ0n) is 11.4. The first-order valence-corrected chi connectivity index (χ1v) is 6.74. The molecule has 0 radical (unpaired) electrons. The van der Waals surface area contributed by atoms with Crippen LogP contribution in [0.3, 0.4) is 0 Å². The quantitative estimate of drug-likeness (QED) is 0.433. The highest BCUT2D eigenvalue weighted by Crippen LogP contribution is 2.23. The molecule has 0 aliphatic heterocycles. The van der Waals surface area contributed by atoms with E-state index in [9.17, 15) is 4.79 Å².